The summed E-state index contributed by atoms with van der Waals surface area (Å²) in [5, 5.41) is 12.1. The molecule has 1 fully saturated rings. The summed E-state index contributed by atoms with van der Waals surface area (Å²) in [4.78, 5) is 2.52. The molecule has 1 aromatic carbocycles. The van der Waals surface area contributed by atoms with Crippen molar-refractivity contribution in [2.75, 3.05) is 38.1 Å². The van der Waals surface area contributed by atoms with E-state index >= 15 is 0 Å². The monoisotopic (exact) mass is 422 g/mol. The molecule has 1 saturated heterocycles. The van der Waals surface area contributed by atoms with E-state index in [0.717, 1.165) is 27.9 Å². The van der Waals surface area contributed by atoms with E-state index in [1.54, 1.807) is 0 Å². The van der Waals surface area contributed by atoms with E-state index in [-0.39, 0.29) is 0 Å². The van der Waals surface area contributed by atoms with Gasteiger partial charge in [0, 0.05) is 13.1 Å². The minimum Gasteiger partial charge on any atom is -0.489 e. The van der Waals surface area contributed by atoms with Gasteiger partial charge in [-0.05, 0) is 59.6 Å². The van der Waals surface area contributed by atoms with Crippen LogP contribution in [0.4, 0.5) is 5.13 Å². The molecule has 0 saturated carbocycles. The predicted molar refractivity (Wildman–Crippen MR) is 106 cm³/mol. The van der Waals surface area contributed by atoms with Gasteiger partial charge >= 0.3 is 0 Å². The summed E-state index contributed by atoms with van der Waals surface area (Å²) in [5.74, 6) is 0.910. The SMILES string of the molecule is Brc1nnc(NCC=C(COc2ccccc2)CN2CCCCC2)s1. The van der Waals surface area contributed by atoms with E-state index in [2.05, 4.69) is 42.4 Å². The van der Waals surface area contributed by atoms with Crippen molar-refractivity contribution < 1.29 is 4.74 Å². The first-order valence-corrected chi connectivity index (χ1v) is 10.2. The Bertz CT molecular complexity index is 671. The number of benzene rings is 1. The number of nitrogens with zero attached hydrogens (tertiary/aromatic N) is 3. The molecule has 0 unspecified atom stereocenters. The Labute approximate surface area is 161 Å². The van der Waals surface area contributed by atoms with Crippen molar-refractivity contribution in [1.82, 2.24) is 15.1 Å². The van der Waals surface area contributed by atoms with E-state index in [9.17, 15) is 0 Å². The minimum absolute atomic E-state index is 0.613. The fourth-order valence-electron chi connectivity index (χ4n) is 2.83. The Kier molecular flexibility index (Phi) is 7.26. The summed E-state index contributed by atoms with van der Waals surface area (Å²) in [6.07, 6.45) is 6.16. The van der Waals surface area contributed by atoms with Crippen molar-refractivity contribution in [1.29, 1.82) is 0 Å². The van der Waals surface area contributed by atoms with Gasteiger partial charge in [-0.25, -0.2) is 0 Å². The lowest BCUT2D eigenvalue weighted by Crippen LogP contribution is -2.32. The molecular weight excluding hydrogens is 400 g/mol. The molecule has 1 aliphatic heterocycles. The first kappa shape index (κ1) is 18.4. The van der Waals surface area contributed by atoms with Crippen molar-refractivity contribution in [2.45, 2.75) is 19.3 Å². The quantitative estimate of drug-likeness (QED) is 0.645. The van der Waals surface area contributed by atoms with Gasteiger partial charge in [0.05, 0.1) is 0 Å². The maximum absolute atomic E-state index is 5.96. The first-order valence-electron chi connectivity index (χ1n) is 8.60. The second kappa shape index (κ2) is 9.89. The number of hydrogen-bond donors (Lipinski definition) is 1. The van der Waals surface area contributed by atoms with Crippen LogP contribution in [0.2, 0.25) is 0 Å². The third-order valence-corrected chi connectivity index (χ3v) is 5.40. The zero-order chi connectivity index (χ0) is 17.3. The van der Waals surface area contributed by atoms with Gasteiger partial charge in [0.15, 0.2) is 3.92 Å². The number of hydrogen-bond acceptors (Lipinski definition) is 6. The average molecular weight is 423 g/mol. The average Bonchev–Trinajstić information content (AvgIpc) is 3.06. The fourth-order valence-corrected chi connectivity index (χ4v) is 3.84. The van der Waals surface area contributed by atoms with Gasteiger partial charge < -0.3 is 10.1 Å². The van der Waals surface area contributed by atoms with Crippen LogP contribution in [0.1, 0.15) is 19.3 Å². The Hall–Kier alpha value is -1.44. The third-order valence-electron chi connectivity index (χ3n) is 4.09. The summed E-state index contributed by atoms with van der Waals surface area (Å²) in [5.41, 5.74) is 1.29. The number of piperidine rings is 1. The summed E-state index contributed by atoms with van der Waals surface area (Å²) in [6, 6.07) is 9.99. The Morgan fingerprint density at radius 1 is 1.20 bits per heavy atom. The number of para-hydroxylation sites is 1. The van der Waals surface area contributed by atoms with Crippen LogP contribution in [0.3, 0.4) is 0 Å². The molecule has 1 aromatic heterocycles. The molecule has 0 aliphatic carbocycles. The number of ether oxygens (including phenoxy) is 1. The standard InChI is InChI=1S/C18H23BrN4OS/c19-17-21-22-18(25-17)20-10-9-15(13-23-11-5-2-6-12-23)14-24-16-7-3-1-4-8-16/h1,3-4,7-9H,2,5-6,10-14H2,(H,20,22). The van der Waals surface area contributed by atoms with Crippen LogP contribution in [-0.2, 0) is 0 Å². The van der Waals surface area contributed by atoms with E-state index in [0.29, 0.717) is 6.61 Å². The van der Waals surface area contributed by atoms with E-state index < -0.39 is 0 Å². The van der Waals surface area contributed by atoms with Gasteiger partial charge in [0.2, 0.25) is 5.13 Å². The highest BCUT2D eigenvalue weighted by molar-refractivity contribution is 9.11. The predicted octanol–water partition coefficient (Wildman–Crippen LogP) is 4.20. The molecule has 1 aliphatic rings. The maximum Gasteiger partial charge on any atom is 0.206 e. The molecule has 5 nitrogen and oxygen atoms in total. The van der Waals surface area contributed by atoms with Crippen molar-refractivity contribution in [3.05, 3.63) is 45.9 Å². The van der Waals surface area contributed by atoms with Gasteiger partial charge in [-0.15, -0.1) is 10.2 Å². The lowest BCUT2D eigenvalue weighted by molar-refractivity contribution is 0.235. The summed E-state index contributed by atoms with van der Waals surface area (Å²) in [7, 11) is 0. The van der Waals surface area contributed by atoms with Gasteiger partial charge in [-0.3, -0.25) is 4.90 Å². The second-order valence-electron chi connectivity index (χ2n) is 6.04. The molecule has 3 rings (SSSR count). The molecule has 25 heavy (non-hydrogen) atoms. The molecule has 0 spiro atoms. The number of likely N-dealkylation sites (tertiary alicyclic amines) is 1. The number of nitrogens with one attached hydrogen (secondary N) is 1. The van der Waals surface area contributed by atoms with Gasteiger partial charge in [-0.2, -0.15) is 0 Å². The van der Waals surface area contributed by atoms with Crippen molar-refractivity contribution >= 4 is 32.4 Å². The van der Waals surface area contributed by atoms with Crippen molar-refractivity contribution in [3.8, 4) is 5.75 Å². The minimum atomic E-state index is 0.613. The molecule has 2 heterocycles. The van der Waals surface area contributed by atoms with Crippen LogP contribution >= 0.6 is 27.3 Å². The summed E-state index contributed by atoms with van der Waals surface area (Å²) in [6.45, 7) is 4.66. The maximum atomic E-state index is 5.96. The van der Waals surface area contributed by atoms with Crippen LogP contribution in [0, 0.1) is 0 Å². The van der Waals surface area contributed by atoms with Gasteiger partial charge in [0.25, 0.3) is 0 Å². The van der Waals surface area contributed by atoms with E-state index in [1.165, 1.54) is 49.3 Å². The zero-order valence-corrected chi connectivity index (χ0v) is 16.6. The highest BCUT2D eigenvalue weighted by atomic mass is 79.9. The van der Waals surface area contributed by atoms with Crippen LogP contribution in [0.25, 0.3) is 0 Å². The van der Waals surface area contributed by atoms with E-state index in [1.807, 2.05) is 30.3 Å². The lowest BCUT2D eigenvalue weighted by Gasteiger charge is -2.27. The molecule has 1 N–H and O–H groups in total. The first-order chi connectivity index (χ1) is 12.3. The second-order valence-corrected chi connectivity index (χ2v) is 8.30. The molecular formula is C18H23BrN4OS. The third kappa shape index (κ3) is 6.41. The largest absolute Gasteiger partial charge is 0.489 e. The van der Waals surface area contributed by atoms with Gasteiger partial charge in [0.1, 0.15) is 12.4 Å². The van der Waals surface area contributed by atoms with Crippen LogP contribution in [-0.4, -0.2) is 47.9 Å². The number of halogens is 1. The molecule has 0 amide bonds. The molecule has 134 valence electrons. The molecule has 2 aromatic rings. The summed E-state index contributed by atoms with van der Waals surface area (Å²) < 4.78 is 6.75. The fraction of sp³-hybridized carbons (Fsp3) is 0.444. The summed E-state index contributed by atoms with van der Waals surface area (Å²) >= 11 is 4.83. The number of aromatic nitrogens is 2. The lowest BCUT2D eigenvalue weighted by atomic mass is 10.1. The highest BCUT2D eigenvalue weighted by Crippen LogP contribution is 2.20. The normalized spacial score (nSPS) is 16.0. The Morgan fingerprint density at radius 2 is 2.00 bits per heavy atom. The zero-order valence-electron chi connectivity index (χ0n) is 14.2. The highest BCUT2D eigenvalue weighted by Gasteiger charge is 2.12. The Morgan fingerprint density at radius 3 is 2.72 bits per heavy atom. The topological polar surface area (TPSA) is 50.3 Å². The van der Waals surface area contributed by atoms with Crippen molar-refractivity contribution in [3.63, 3.8) is 0 Å². The number of anilines is 1. The number of rotatable bonds is 8. The van der Waals surface area contributed by atoms with Gasteiger partial charge in [-0.1, -0.05) is 42.0 Å². The molecule has 7 heteroatoms. The molecule has 0 bridgehead atoms. The van der Waals surface area contributed by atoms with Crippen LogP contribution < -0.4 is 10.1 Å². The molecule has 0 radical (unpaired) electrons. The van der Waals surface area contributed by atoms with Crippen molar-refractivity contribution in [2.24, 2.45) is 0 Å². The molecule has 0 atom stereocenters. The van der Waals surface area contributed by atoms with Crippen LogP contribution in [0.15, 0.2) is 45.9 Å². The van der Waals surface area contributed by atoms with Crippen LogP contribution in [0.5, 0.6) is 5.75 Å². The smallest absolute Gasteiger partial charge is 0.206 e. The Balaban J connectivity index is 1.56. The van der Waals surface area contributed by atoms with E-state index in [4.69, 9.17) is 4.74 Å².